The van der Waals surface area contributed by atoms with Crippen LogP contribution in [0.3, 0.4) is 0 Å². The summed E-state index contributed by atoms with van der Waals surface area (Å²) in [7, 11) is 0. The van der Waals surface area contributed by atoms with Crippen LogP contribution in [0.2, 0.25) is 0 Å². The van der Waals surface area contributed by atoms with Gasteiger partial charge in [0, 0.05) is 10.3 Å². The fourth-order valence-electron chi connectivity index (χ4n) is 4.26. The minimum atomic E-state index is -1.16. The van der Waals surface area contributed by atoms with E-state index in [9.17, 15) is 29.4 Å². The number of fused-ring (bicyclic) bond motifs is 1. The number of nitrogens with one attached hydrogen (secondary N) is 2. The second-order valence-electron chi connectivity index (χ2n) is 8.78. The van der Waals surface area contributed by atoms with Crippen molar-refractivity contribution in [2.45, 2.75) is 48.7 Å². The Morgan fingerprint density at radius 1 is 1.11 bits per heavy atom. The van der Waals surface area contributed by atoms with Gasteiger partial charge in [0.25, 0.3) is 0 Å². The average Bonchev–Trinajstić information content (AvgIpc) is 3.08. The summed E-state index contributed by atoms with van der Waals surface area (Å²) in [5.41, 5.74) is 0.869. The van der Waals surface area contributed by atoms with E-state index in [1.807, 2.05) is 0 Å². The highest BCUT2D eigenvalue weighted by Gasteiger charge is 2.64. The number of hydrogen-bond acceptors (Lipinski definition) is 7. The Hall–Kier alpha value is -3.73. The molecule has 2 aliphatic heterocycles. The van der Waals surface area contributed by atoms with Crippen LogP contribution in [0.4, 0.5) is 4.79 Å². The van der Waals surface area contributed by atoms with E-state index in [2.05, 4.69) is 10.6 Å². The third-order valence-corrected chi connectivity index (χ3v) is 7.55. The van der Waals surface area contributed by atoms with Crippen molar-refractivity contribution < 1.29 is 34.1 Å². The van der Waals surface area contributed by atoms with Crippen molar-refractivity contribution in [2.75, 3.05) is 0 Å². The number of amides is 3. The van der Waals surface area contributed by atoms with Gasteiger partial charge in [0.05, 0.1) is 0 Å². The number of phenolic OH excluding ortho intramolecular Hbond substituents is 1. The molecule has 184 valence electrons. The van der Waals surface area contributed by atoms with Gasteiger partial charge in [-0.05, 0) is 25.5 Å². The summed E-state index contributed by atoms with van der Waals surface area (Å²) in [5.74, 6) is -2.24. The number of β-lactam (4-membered cyclic amide) rings is 1. The minimum absolute atomic E-state index is 0.0256. The number of aromatic hydroxyl groups is 1. The van der Waals surface area contributed by atoms with Gasteiger partial charge in [-0.1, -0.05) is 48.5 Å². The Morgan fingerprint density at radius 2 is 1.77 bits per heavy atom. The first-order valence-corrected chi connectivity index (χ1v) is 11.8. The second kappa shape index (κ2) is 9.49. The monoisotopic (exact) mass is 499 g/mol. The molecule has 1 unspecified atom stereocenters. The number of hydrogen-bond donors (Lipinski definition) is 4. The lowest BCUT2D eigenvalue weighted by Gasteiger charge is -2.44. The molecule has 2 saturated heterocycles. The van der Waals surface area contributed by atoms with Crippen LogP contribution in [-0.2, 0) is 25.7 Å². The van der Waals surface area contributed by atoms with Gasteiger partial charge in [0.1, 0.15) is 35.9 Å². The van der Waals surface area contributed by atoms with Crippen LogP contribution in [0.25, 0.3) is 0 Å². The lowest BCUT2D eigenvalue weighted by Crippen LogP contribution is -2.71. The van der Waals surface area contributed by atoms with Crippen molar-refractivity contribution >= 4 is 35.6 Å². The van der Waals surface area contributed by atoms with Gasteiger partial charge in [0.15, 0.2) is 0 Å². The van der Waals surface area contributed by atoms with Gasteiger partial charge in [-0.15, -0.1) is 11.8 Å². The summed E-state index contributed by atoms with van der Waals surface area (Å²) < 4.78 is 4.45. The van der Waals surface area contributed by atoms with Crippen molar-refractivity contribution in [1.29, 1.82) is 0 Å². The standard InChI is InChI=1S/C24H25N3O7S/c1-24(2)18(22(31)32)27-20(30)17(21(27)35-24)25-19(29)16(13-8-4-3-5-9-13)26-23(33)34-12-14-10-6-7-11-15(14)28/h3-11,16-18,21,28H,12H2,1-2H3,(H,25,29)(H,26,33)(H,31,32)/t16?,17-,18+,21-/m1/s1. The molecule has 2 aromatic carbocycles. The highest BCUT2D eigenvalue weighted by Crippen LogP contribution is 2.50. The number of thioether (sulfide) groups is 1. The maximum absolute atomic E-state index is 13.2. The molecule has 2 heterocycles. The van der Waals surface area contributed by atoms with Gasteiger partial charge in [0.2, 0.25) is 11.8 Å². The Bertz CT molecular complexity index is 1160. The van der Waals surface area contributed by atoms with Crippen LogP contribution in [0, 0.1) is 0 Å². The molecular formula is C24H25N3O7S. The van der Waals surface area contributed by atoms with E-state index in [-0.39, 0.29) is 12.4 Å². The van der Waals surface area contributed by atoms with Crippen LogP contribution in [0.1, 0.15) is 31.0 Å². The van der Waals surface area contributed by atoms with Gasteiger partial charge < -0.3 is 30.5 Å². The molecule has 0 bridgehead atoms. The first-order valence-electron chi connectivity index (χ1n) is 10.9. The number of carbonyl (C=O) groups is 4. The zero-order chi connectivity index (χ0) is 25.3. The van der Waals surface area contributed by atoms with Gasteiger partial charge in [-0.3, -0.25) is 9.59 Å². The van der Waals surface area contributed by atoms with E-state index in [0.717, 1.165) is 0 Å². The molecule has 4 rings (SSSR count). The zero-order valence-electron chi connectivity index (χ0n) is 19.0. The zero-order valence-corrected chi connectivity index (χ0v) is 19.8. The van der Waals surface area contributed by atoms with Crippen molar-refractivity contribution in [3.63, 3.8) is 0 Å². The topological polar surface area (TPSA) is 145 Å². The van der Waals surface area contributed by atoms with Crippen molar-refractivity contribution in [3.05, 3.63) is 65.7 Å². The molecule has 2 aromatic rings. The molecule has 10 nitrogen and oxygen atoms in total. The number of para-hydroxylation sites is 1. The average molecular weight is 500 g/mol. The molecule has 0 saturated carbocycles. The van der Waals surface area contributed by atoms with E-state index in [1.54, 1.807) is 62.4 Å². The van der Waals surface area contributed by atoms with Crippen molar-refractivity contribution in [1.82, 2.24) is 15.5 Å². The number of carboxylic acid groups (broad SMARTS) is 1. The molecule has 0 spiro atoms. The summed E-state index contributed by atoms with van der Waals surface area (Å²) in [4.78, 5) is 51.4. The Balaban J connectivity index is 1.45. The van der Waals surface area contributed by atoms with E-state index in [0.29, 0.717) is 11.1 Å². The number of aliphatic carboxylic acids is 1. The summed E-state index contributed by atoms with van der Waals surface area (Å²) in [5, 5.41) is 24.1. The molecular weight excluding hydrogens is 474 g/mol. The van der Waals surface area contributed by atoms with E-state index >= 15 is 0 Å². The van der Waals surface area contributed by atoms with Crippen molar-refractivity contribution in [3.8, 4) is 5.75 Å². The number of carboxylic acids is 1. The van der Waals surface area contributed by atoms with E-state index in [4.69, 9.17) is 4.74 Å². The Kier molecular flexibility index (Phi) is 6.62. The van der Waals surface area contributed by atoms with Crippen LogP contribution >= 0.6 is 11.8 Å². The quantitative estimate of drug-likeness (QED) is 0.423. The first kappa shape index (κ1) is 24.4. The highest BCUT2D eigenvalue weighted by atomic mass is 32.2. The maximum atomic E-state index is 13.2. The SMILES string of the molecule is CC1(C)S[C@@H]2[C@H](NC(=O)C(NC(=O)OCc3ccccc3O)c3ccccc3)C(=O)N2[C@H]1C(=O)O. The van der Waals surface area contributed by atoms with E-state index in [1.165, 1.54) is 22.7 Å². The molecule has 0 aromatic heterocycles. The summed E-state index contributed by atoms with van der Waals surface area (Å²) in [6, 6.07) is 11.8. The number of ether oxygens (including phenoxy) is 1. The second-order valence-corrected chi connectivity index (χ2v) is 10.5. The number of benzene rings is 2. The largest absolute Gasteiger partial charge is 0.508 e. The normalized spacial score (nSPS) is 23.0. The fraction of sp³-hybridized carbons (Fsp3) is 0.333. The number of phenols is 1. The summed E-state index contributed by atoms with van der Waals surface area (Å²) in [6.07, 6.45) is -0.888. The molecule has 2 aliphatic rings. The van der Waals surface area contributed by atoms with Gasteiger partial charge in [-0.25, -0.2) is 9.59 Å². The number of alkyl carbamates (subject to hydrolysis) is 1. The predicted molar refractivity (Wildman–Crippen MR) is 126 cm³/mol. The lowest BCUT2D eigenvalue weighted by atomic mass is 9.95. The van der Waals surface area contributed by atoms with Crippen LogP contribution < -0.4 is 10.6 Å². The third-order valence-electron chi connectivity index (χ3n) is 5.98. The lowest BCUT2D eigenvalue weighted by molar-refractivity contribution is -0.161. The van der Waals surface area contributed by atoms with Crippen LogP contribution in [0.15, 0.2) is 54.6 Å². The molecule has 4 atom stereocenters. The first-order chi connectivity index (χ1) is 16.6. The smallest absolute Gasteiger partial charge is 0.408 e. The summed E-state index contributed by atoms with van der Waals surface area (Å²) >= 11 is 1.31. The molecule has 35 heavy (non-hydrogen) atoms. The maximum Gasteiger partial charge on any atom is 0.408 e. The Morgan fingerprint density at radius 3 is 2.43 bits per heavy atom. The number of nitrogens with zero attached hydrogens (tertiary/aromatic N) is 1. The van der Waals surface area contributed by atoms with Gasteiger partial charge in [-0.2, -0.15) is 0 Å². The van der Waals surface area contributed by atoms with Crippen molar-refractivity contribution in [2.24, 2.45) is 0 Å². The molecule has 0 radical (unpaired) electrons. The highest BCUT2D eigenvalue weighted by molar-refractivity contribution is 8.01. The minimum Gasteiger partial charge on any atom is -0.508 e. The number of carbonyl (C=O) groups excluding carboxylic acids is 3. The number of rotatable bonds is 7. The molecule has 3 amide bonds. The molecule has 0 aliphatic carbocycles. The van der Waals surface area contributed by atoms with E-state index < -0.39 is 52.1 Å². The fourth-order valence-corrected chi connectivity index (χ4v) is 5.89. The molecule has 11 heteroatoms. The Labute approximate surface area is 205 Å². The van der Waals surface area contributed by atoms with Crippen LogP contribution in [-0.4, -0.2) is 61.2 Å². The summed E-state index contributed by atoms with van der Waals surface area (Å²) in [6.45, 7) is 3.29. The third kappa shape index (κ3) is 4.76. The predicted octanol–water partition coefficient (Wildman–Crippen LogP) is 1.99. The molecule has 4 N–H and O–H groups in total. The van der Waals surface area contributed by atoms with Crippen LogP contribution in [0.5, 0.6) is 5.75 Å². The molecule has 2 fully saturated rings. The van der Waals surface area contributed by atoms with Gasteiger partial charge >= 0.3 is 12.1 Å².